The molecule has 2 atom stereocenters. The van der Waals surface area contributed by atoms with Gasteiger partial charge in [0.15, 0.2) is 0 Å². The average molecular weight is 264 g/mol. The average Bonchev–Trinajstić information content (AvgIpc) is 3.12. The molecule has 0 aromatic rings. The first kappa shape index (κ1) is 13.4. The third-order valence-corrected chi connectivity index (χ3v) is 5.42. The Labute approximate surface area is 117 Å². The molecule has 2 heterocycles. The van der Waals surface area contributed by atoms with Crippen LogP contribution >= 0.6 is 0 Å². The largest absolute Gasteiger partial charge is 0.342 e. The third kappa shape index (κ3) is 3.31. The molecule has 2 saturated heterocycles. The van der Waals surface area contributed by atoms with Crippen molar-refractivity contribution >= 4 is 5.91 Å². The maximum atomic E-state index is 12.4. The van der Waals surface area contributed by atoms with E-state index in [9.17, 15) is 4.79 Å². The zero-order valence-corrected chi connectivity index (χ0v) is 12.1. The highest BCUT2D eigenvalue weighted by Gasteiger charge is 2.31. The number of piperidine rings is 1. The van der Waals surface area contributed by atoms with Gasteiger partial charge in [-0.15, -0.1) is 0 Å². The molecule has 3 fully saturated rings. The molecule has 3 nitrogen and oxygen atoms in total. The van der Waals surface area contributed by atoms with Crippen LogP contribution in [-0.2, 0) is 4.79 Å². The van der Waals surface area contributed by atoms with Crippen LogP contribution in [0.1, 0.15) is 57.8 Å². The fourth-order valence-electron chi connectivity index (χ4n) is 4.27. The van der Waals surface area contributed by atoms with Crippen LogP contribution in [0.4, 0.5) is 0 Å². The molecule has 3 rings (SSSR count). The minimum absolute atomic E-state index is 0.439. The van der Waals surface area contributed by atoms with Crippen molar-refractivity contribution < 1.29 is 4.79 Å². The summed E-state index contributed by atoms with van der Waals surface area (Å²) in [5.41, 5.74) is 0. The summed E-state index contributed by atoms with van der Waals surface area (Å²) in [6, 6.07) is 0.682. The Hall–Kier alpha value is -0.570. The lowest BCUT2D eigenvalue weighted by Gasteiger charge is -2.36. The molecule has 0 bridgehead atoms. The highest BCUT2D eigenvalue weighted by molar-refractivity contribution is 5.76. The lowest BCUT2D eigenvalue weighted by molar-refractivity contribution is -0.134. The second kappa shape index (κ2) is 6.25. The van der Waals surface area contributed by atoms with Crippen molar-refractivity contribution in [3.8, 4) is 0 Å². The second-order valence-corrected chi connectivity index (χ2v) is 6.80. The van der Waals surface area contributed by atoms with Crippen molar-refractivity contribution in [1.29, 1.82) is 0 Å². The molecule has 1 amide bonds. The zero-order valence-electron chi connectivity index (χ0n) is 12.1. The molecule has 0 aromatic heterocycles. The van der Waals surface area contributed by atoms with Crippen LogP contribution in [0.5, 0.6) is 0 Å². The van der Waals surface area contributed by atoms with Gasteiger partial charge in [-0.25, -0.2) is 0 Å². The van der Waals surface area contributed by atoms with Crippen LogP contribution < -0.4 is 5.32 Å². The Balaban J connectivity index is 1.50. The predicted molar refractivity (Wildman–Crippen MR) is 76.9 cm³/mol. The molecule has 19 heavy (non-hydrogen) atoms. The molecular weight excluding hydrogens is 236 g/mol. The molecular formula is C16H28N2O. The zero-order chi connectivity index (χ0) is 13.1. The van der Waals surface area contributed by atoms with E-state index in [0.29, 0.717) is 23.8 Å². The van der Waals surface area contributed by atoms with E-state index in [0.717, 1.165) is 19.5 Å². The van der Waals surface area contributed by atoms with Gasteiger partial charge in [-0.05, 0) is 56.9 Å². The molecule has 1 N–H and O–H groups in total. The number of nitrogens with one attached hydrogen (secondary N) is 1. The van der Waals surface area contributed by atoms with Crippen molar-refractivity contribution in [3.63, 3.8) is 0 Å². The molecule has 1 saturated carbocycles. The molecule has 3 aliphatic rings. The van der Waals surface area contributed by atoms with E-state index in [2.05, 4.69) is 10.2 Å². The Morgan fingerprint density at radius 2 is 1.89 bits per heavy atom. The number of carbonyl (C=O) groups excluding carboxylic acids is 1. The Kier molecular flexibility index (Phi) is 4.42. The van der Waals surface area contributed by atoms with Crippen molar-refractivity contribution in [3.05, 3.63) is 0 Å². The number of hydrogen-bond donors (Lipinski definition) is 1. The van der Waals surface area contributed by atoms with E-state index in [1.54, 1.807) is 0 Å². The molecule has 0 radical (unpaired) electrons. The Morgan fingerprint density at radius 3 is 2.63 bits per heavy atom. The van der Waals surface area contributed by atoms with E-state index in [-0.39, 0.29) is 0 Å². The third-order valence-electron chi connectivity index (χ3n) is 5.42. The van der Waals surface area contributed by atoms with Crippen LogP contribution in [0.15, 0.2) is 0 Å². The number of rotatable bonds is 3. The van der Waals surface area contributed by atoms with Gasteiger partial charge in [0.2, 0.25) is 5.91 Å². The minimum atomic E-state index is 0.439. The summed E-state index contributed by atoms with van der Waals surface area (Å²) in [6.45, 7) is 3.20. The summed E-state index contributed by atoms with van der Waals surface area (Å²) < 4.78 is 0. The highest BCUT2D eigenvalue weighted by Crippen LogP contribution is 2.30. The summed E-state index contributed by atoms with van der Waals surface area (Å²) in [5.74, 6) is 1.84. The topological polar surface area (TPSA) is 32.3 Å². The van der Waals surface area contributed by atoms with Gasteiger partial charge in [0, 0.05) is 25.6 Å². The fourth-order valence-corrected chi connectivity index (χ4v) is 4.27. The number of likely N-dealkylation sites (tertiary alicyclic amines) is 1. The molecule has 1 aliphatic carbocycles. The number of amides is 1. The van der Waals surface area contributed by atoms with Gasteiger partial charge in [0.05, 0.1) is 0 Å². The van der Waals surface area contributed by atoms with E-state index in [4.69, 9.17) is 0 Å². The SMILES string of the molecule is O=C(CC1CCCC1)N1CCCC(C2CCCN2)C1. The lowest BCUT2D eigenvalue weighted by Crippen LogP contribution is -2.46. The van der Waals surface area contributed by atoms with Gasteiger partial charge in [-0.2, -0.15) is 0 Å². The van der Waals surface area contributed by atoms with Crippen LogP contribution in [0, 0.1) is 11.8 Å². The molecule has 0 spiro atoms. The first-order valence-corrected chi connectivity index (χ1v) is 8.34. The van der Waals surface area contributed by atoms with Crippen molar-refractivity contribution in [2.24, 2.45) is 11.8 Å². The molecule has 108 valence electrons. The first-order chi connectivity index (χ1) is 9.33. The van der Waals surface area contributed by atoms with Crippen LogP contribution in [-0.4, -0.2) is 36.5 Å². The standard InChI is InChI=1S/C16H28N2O/c19-16(11-13-5-1-2-6-13)18-10-4-7-14(12-18)15-8-3-9-17-15/h13-15,17H,1-12H2. The van der Waals surface area contributed by atoms with Crippen LogP contribution in [0.2, 0.25) is 0 Å². The van der Waals surface area contributed by atoms with Gasteiger partial charge in [-0.1, -0.05) is 12.8 Å². The molecule has 2 unspecified atom stereocenters. The number of nitrogens with zero attached hydrogens (tertiary/aromatic N) is 1. The first-order valence-electron chi connectivity index (χ1n) is 8.34. The maximum absolute atomic E-state index is 12.4. The number of carbonyl (C=O) groups is 1. The predicted octanol–water partition coefficient (Wildman–Crippen LogP) is 2.56. The van der Waals surface area contributed by atoms with Crippen molar-refractivity contribution in [2.75, 3.05) is 19.6 Å². The van der Waals surface area contributed by atoms with E-state index in [1.807, 2.05) is 0 Å². The van der Waals surface area contributed by atoms with Gasteiger partial charge in [0.1, 0.15) is 0 Å². The van der Waals surface area contributed by atoms with E-state index in [1.165, 1.54) is 57.9 Å². The summed E-state index contributed by atoms with van der Waals surface area (Å²) in [7, 11) is 0. The van der Waals surface area contributed by atoms with Crippen LogP contribution in [0.3, 0.4) is 0 Å². The Bertz CT molecular complexity index is 306. The van der Waals surface area contributed by atoms with E-state index < -0.39 is 0 Å². The van der Waals surface area contributed by atoms with Crippen molar-refractivity contribution in [1.82, 2.24) is 10.2 Å². The highest BCUT2D eigenvalue weighted by atomic mass is 16.2. The molecule has 0 aromatic carbocycles. The minimum Gasteiger partial charge on any atom is -0.342 e. The quantitative estimate of drug-likeness (QED) is 0.849. The van der Waals surface area contributed by atoms with Gasteiger partial charge < -0.3 is 10.2 Å². The smallest absolute Gasteiger partial charge is 0.222 e. The Morgan fingerprint density at radius 1 is 1.05 bits per heavy atom. The summed E-state index contributed by atoms with van der Waals surface area (Å²) in [4.78, 5) is 14.6. The monoisotopic (exact) mass is 264 g/mol. The maximum Gasteiger partial charge on any atom is 0.222 e. The fraction of sp³-hybridized carbons (Fsp3) is 0.938. The number of hydrogen-bond acceptors (Lipinski definition) is 2. The summed E-state index contributed by atoms with van der Waals surface area (Å²) >= 11 is 0. The molecule has 3 heteroatoms. The summed E-state index contributed by atoms with van der Waals surface area (Å²) in [6.07, 6.45) is 11.2. The summed E-state index contributed by atoms with van der Waals surface area (Å²) in [5, 5.41) is 3.62. The van der Waals surface area contributed by atoms with Gasteiger partial charge in [-0.3, -0.25) is 4.79 Å². The normalized spacial score (nSPS) is 32.9. The van der Waals surface area contributed by atoms with Gasteiger partial charge >= 0.3 is 0 Å². The van der Waals surface area contributed by atoms with E-state index >= 15 is 0 Å². The van der Waals surface area contributed by atoms with Gasteiger partial charge in [0.25, 0.3) is 0 Å². The lowest BCUT2D eigenvalue weighted by atomic mass is 9.89. The second-order valence-electron chi connectivity index (χ2n) is 6.80. The molecule has 2 aliphatic heterocycles. The van der Waals surface area contributed by atoms with Crippen LogP contribution in [0.25, 0.3) is 0 Å². The van der Waals surface area contributed by atoms with Crippen molar-refractivity contribution in [2.45, 2.75) is 63.8 Å².